The summed E-state index contributed by atoms with van der Waals surface area (Å²) in [5, 5.41) is 0. The molecule has 0 amide bonds. The summed E-state index contributed by atoms with van der Waals surface area (Å²) in [6.07, 6.45) is 92.0. The van der Waals surface area contributed by atoms with E-state index in [-0.39, 0.29) is 31.1 Å². The maximum absolute atomic E-state index is 12.9. The third-order valence-corrected chi connectivity index (χ3v) is 13.9. The molecule has 0 saturated carbocycles. The molecule has 1 atom stereocenters. The minimum atomic E-state index is -0.797. The fourth-order valence-corrected chi connectivity index (χ4v) is 9.04. The molecule has 0 aliphatic rings. The van der Waals surface area contributed by atoms with Crippen LogP contribution in [0.3, 0.4) is 0 Å². The number of unbranched alkanes of at least 4 members (excludes halogenated alkanes) is 28. The molecule has 0 saturated heterocycles. The van der Waals surface area contributed by atoms with E-state index in [2.05, 4.69) is 142 Å². The first-order valence-corrected chi connectivity index (χ1v) is 33.0. The van der Waals surface area contributed by atoms with Crippen molar-refractivity contribution in [3.05, 3.63) is 122 Å². The van der Waals surface area contributed by atoms with Crippen molar-refractivity contribution in [2.24, 2.45) is 0 Å². The van der Waals surface area contributed by atoms with E-state index in [4.69, 9.17) is 14.2 Å². The molecule has 0 spiro atoms. The zero-order valence-corrected chi connectivity index (χ0v) is 51.6. The molecule has 6 nitrogen and oxygen atoms in total. The van der Waals surface area contributed by atoms with Gasteiger partial charge in [0.1, 0.15) is 13.2 Å². The lowest BCUT2D eigenvalue weighted by Crippen LogP contribution is -2.30. The van der Waals surface area contributed by atoms with Crippen LogP contribution in [0.2, 0.25) is 0 Å². The van der Waals surface area contributed by atoms with E-state index >= 15 is 0 Å². The van der Waals surface area contributed by atoms with Gasteiger partial charge in [-0.05, 0) is 128 Å². The second-order valence-electron chi connectivity index (χ2n) is 21.6. The summed E-state index contributed by atoms with van der Waals surface area (Å²) >= 11 is 0. The fraction of sp³-hybridized carbons (Fsp3) is 0.685. The van der Waals surface area contributed by atoms with Gasteiger partial charge in [-0.3, -0.25) is 14.4 Å². The third kappa shape index (κ3) is 64.5. The Labute approximate surface area is 488 Å². The lowest BCUT2D eigenvalue weighted by molar-refractivity contribution is -0.167. The quantitative estimate of drug-likeness (QED) is 0.0261. The summed E-state index contributed by atoms with van der Waals surface area (Å²) in [5.41, 5.74) is 0. The van der Waals surface area contributed by atoms with Gasteiger partial charge >= 0.3 is 17.9 Å². The highest BCUT2D eigenvalue weighted by molar-refractivity contribution is 5.71. The second-order valence-corrected chi connectivity index (χ2v) is 21.6. The Morgan fingerprint density at radius 1 is 0.266 bits per heavy atom. The van der Waals surface area contributed by atoms with E-state index < -0.39 is 6.10 Å². The van der Waals surface area contributed by atoms with Crippen LogP contribution in [0.15, 0.2) is 122 Å². The predicted molar refractivity (Wildman–Crippen MR) is 343 cm³/mol. The summed E-state index contributed by atoms with van der Waals surface area (Å²) in [5.74, 6) is -0.911. The van der Waals surface area contributed by atoms with Crippen LogP contribution in [0.1, 0.15) is 303 Å². The van der Waals surface area contributed by atoms with E-state index in [0.717, 1.165) is 135 Å². The van der Waals surface area contributed by atoms with Crippen molar-refractivity contribution in [2.45, 2.75) is 309 Å². The summed E-state index contributed by atoms with van der Waals surface area (Å²) < 4.78 is 16.9. The van der Waals surface area contributed by atoms with Crippen LogP contribution >= 0.6 is 0 Å². The molecular weight excluding hydrogens is 973 g/mol. The number of hydrogen-bond acceptors (Lipinski definition) is 6. The van der Waals surface area contributed by atoms with Gasteiger partial charge in [0.2, 0.25) is 0 Å². The van der Waals surface area contributed by atoms with Crippen LogP contribution < -0.4 is 0 Å². The molecule has 0 radical (unpaired) electrons. The van der Waals surface area contributed by atoms with Crippen LogP contribution in [-0.4, -0.2) is 37.2 Å². The monoisotopic (exact) mass is 1090 g/mol. The van der Waals surface area contributed by atoms with Gasteiger partial charge < -0.3 is 14.2 Å². The van der Waals surface area contributed by atoms with Crippen LogP contribution in [0, 0.1) is 0 Å². The minimum Gasteiger partial charge on any atom is -0.462 e. The number of carbonyl (C=O) groups excluding carboxylic acids is 3. The fourth-order valence-electron chi connectivity index (χ4n) is 9.04. The van der Waals surface area contributed by atoms with Crippen LogP contribution in [0.25, 0.3) is 0 Å². The highest BCUT2D eigenvalue weighted by Crippen LogP contribution is 2.16. The number of allylic oxidation sites excluding steroid dienone is 20. The first kappa shape index (κ1) is 74.8. The summed E-state index contributed by atoms with van der Waals surface area (Å²) in [6, 6.07) is 0. The Kier molecular flexibility index (Phi) is 62.8. The topological polar surface area (TPSA) is 78.9 Å². The highest BCUT2D eigenvalue weighted by atomic mass is 16.6. The molecule has 450 valence electrons. The minimum absolute atomic E-state index is 0.0909. The summed E-state index contributed by atoms with van der Waals surface area (Å²) in [7, 11) is 0. The lowest BCUT2D eigenvalue weighted by atomic mass is 10.1. The number of rotatable bonds is 59. The maximum Gasteiger partial charge on any atom is 0.306 e. The SMILES string of the molecule is CC/C=C\C/C=C\C/C=C\C/C=C\C/C=C\CCCCCCCC(=O)OC(COC(=O)CCCCCCCCC/C=C\CCCCCCCC)COC(=O)CCCCCCCCCCCC/C=C\C/C=C\C/C=C\C/C=C\CC. The molecule has 0 rings (SSSR count). The Hall–Kier alpha value is -4.19. The van der Waals surface area contributed by atoms with Gasteiger partial charge in [-0.2, -0.15) is 0 Å². The van der Waals surface area contributed by atoms with E-state index in [9.17, 15) is 14.4 Å². The van der Waals surface area contributed by atoms with Crippen molar-refractivity contribution in [3.8, 4) is 0 Å². The average molecular weight is 1100 g/mol. The zero-order valence-electron chi connectivity index (χ0n) is 51.6. The first-order valence-electron chi connectivity index (χ1n) is 33.0. The van der Waals surface area contributed by atoms with Crippen LogP contribution in [0.4, 0.5) is 0 Å². The molecule has 0 fully saturated rings. The number of ether oxygens (including phenoxy) is 3. The number of carbonyl (C=O) groups is 3. The van der Waals surface area contributed by atoms with Crippen molar-refractivity contribution < 1.29 is 28.6 Å². The smallest absolute Gasteiger partial charge is 0.306 e. The normalized spacial score (nSPS) is 12.9. The molecule has 0 bridgehead atoms. The summed E-state index contributed by atoms with van der Waals surface area (Å²) in [4.78, 5) is 38.4. The molecule has 0 heterocycles. The number of esters is 3. The Bertz CT molecular complexity index is 1640. The molecule has 0 aromatic heterocycles. The van der Waals surface area contributed by atoms with Crippen molar-refractivity contribution in [1.82, 2.24) is 0 Å². The van der Waals surface area contributed by atoms with Gasteiger partial charge in [0, 0.05) is 19.3 Å². The molecule has 1 unspecified atom stereocenters. The average Bonchev–Trinajstić information content (AvgIpc) is 3.45. The number of hydrogen-bond donors (Lipinski definition) is 0. The second kappa shape index (κ2) is 66.3. The van der Waals surface area contributed by atoms with E-state index in [1.165, 1.54) is 128 Å². The first-order chi connectivity index (χ1) is 39.0. The van der Waals surface area contributed by atoms with E-state index in [0.29, 0.717) is 19.3 Å². The van der Waals surface area contributed by atoms with Gasteiger partial charge in [0.15, 0.2) is 6.10 Å². The largest absolute Gasteiger partial charge is 0.462 e. The molecule has 0 aromatic carbocycles. The van der Waals surface area contributed by atoms with Gasteiger partial charge in [-0.1, -0.05) is 277 Å². The standard InChI is InChI=1S/C73H122O6/c1-4-7-10-13-16-19-22-25-28-31-33-35-36-38-39-42-45-48-51-54-57-60-63-66-72(75)78-69-70(68-77-71(74)65-62-59-56-53-50-47-44-41-30-27-24-21-18-15-12-9-6-3)79-73(76)67-64-61-58-55-52-49-46-43-40-37-34-32-29-26-23-20-17-14-11-8-5-2/h7-8,10-11,16-17,19-20,25-30,33-35,37,43,46,70H,4-6,9,12-15,18,21-24,31-32,36,38-42,44-45,47-69H2,1-3H3/b10-7-,11-8-,19-16-,20-17-,28-25-,29-26-,30-27-,35-33-,37-34-,46-43-. The molecule has 0 aromatic rings. The van der Waals surface area contributed by atoms with Crippen LogP contribution in [0.5, 0.6) is 0 Å². The van der Waals surface area contributed by atoms with Crippen molar-refractivity contribution in [2.75, 3.05) is 13.2 Å². The van der Waals surface area contributed by atoms with E-state index in [1.807, 2.05) is 0 Å². The van der Waals surface area contributed by atoms with Gasteiger partial charge in [-0.25, -0.2) is 0 Å². The van der Waals surface area contributed by atoms with Gasteiger partial charge in [-0.15, -0.1) is 0 Å². The maximum atomic E-state index is 12.9. The van der Waals surface area contributed by atoms with Crippen LogP contribution in [-0.2, 0) is 28.6 Å². The Morgan fingerprint density at radius 3 is 0.785 bits per heavy atom. The Morgan fingerprint density at radius 2 is 0.494 bits per heavy atom. The van der Waals surface area contributed by atoms with Crippen molar-refractivity contribution >= 4 is 17.9 Å². The van der Waals surface area contributed by atoms with E-state index in [1.54, 1.807) is 0 Å². The molecule has 6 heteroatoms. The third-order valence-electron chi connectivity index (χ3n) is 13.9. The molecular formula is C73H122O6. The van der Waals surface area contributed by atoms with Gasteiger partial charge in [0.25, 0.3) is 0 Å². The Balaban J connectivity index is 4.43. The molecule has 0 aliphatic carbocycles. The lowest BCUT2D eigenvalue weighted by Gasteiger charge is -2.18. The summed E-state index contributed by atoms with van der Waals surface area (Å²) in [6.45, 7) is 6.41. The van der Waals surface area contributed by atoms with Gasteiger partial charge in [0.05, 0.1) is 0 Å². The highest BCUT2D eigenvalue weighted by Gasteiger charge is 2.19. The predicted octanol–water partition coefficient (Wildman–Crippen LogP) is 22.8. The zero-order chi connectivity index (χ0) is 57.1. The molecule has 79 heavy (non-hydrogen) atoms. The molecule has 0 aliphatic heterocycles. The van der Waals surface area contributed by atoms with Crippen molar-refractivity contribution in [1.29, 1.82) is 0 Å². The van der Waals surface area contributed by atoms with Crippen molar-refractivity contribution in [3.63, 3.8) is 0 Å². The molecule has 0 N–H and O–H groups in total.